The molecule has 6 heteroatoms. The van der Waals surface area contributed by atoms with Crippen molar-refractivity contribution in [3.05, 3.63) is 34.2 Å². The van der Waals surface area contributed by atoms with Crippen molar-refractivity contribution >= 4 is 0 Å². The minimum Gasteiger partial charge on any atom is -0.490 e. The van der Waals surface area contributed by atoms with Crippen molar-refractivity contribution in [1.29, 1.82) is 0 Å². The van der Waals surface area contributed by atoms with Crippen LogP contribution in [0.5, 0.6) is 11.5 Å². The van der Waals surface area contributed by atoms with Gasteiger partial charge in [0.15, 0.2) is 11.5 Å². The Morgan fingerprint density at radius 2 is 1.94 bits per heavy atom. The number of hydrogen-bond acceptors (Lipinski definition) is 4. The number of aliphatic hydroxyl groups excluding tert-OH is 1. The van der Waals surface area contributed by atoms with Crippen LogP contribution in [0.15, 0.2) is 23.3 Å². The molecule has 0 aliphatic carbocycles. The first kappa shape index (κ1) is 14.2. The second-order valence-corrected chi connectivity index (χ2v) is 3.50. The minimum atomic E-state index is -0.837. The molecule has 1 unspecified atom stereocenters. The van der Waals surface area contributed by atoms with Gasteiger partial charge in [-0.1, -0.05) is 11.2 Å². The van der Waals surface area contributed by atoms with E-state index in [9.17, 15) is 5.11 Å². The topological polar surface area (TPSA) is 87.5 Å². The van der Waals surface area contributed by atoms with Gasteiger partial charge in [0.2, 0.25) is 0 Å². The molecule has 0 saturated heterocycles. The van der Waals surface area contributed by atoms with E-state index in [1.54, 1.807) is 18.2 Å². The third-order valence-corrected chi connectivity index (χ3v) is 2.27. The van der Waals surface area contributed by atoms with Crippen LogP contribution in [0, 0.1) is 0 Å². The molecular weight excluding hydrogens is 234 g/mol. The smallest absolute Gasteiger partial charge is 0.161 e. The number of aliphatic hydroxyl groups is 1. The van der Waals surface area contributed by atoms with E-state index in [0.29, 0.717) is 30.3 Å². The van der Waals surface area contributed by atoms with Crippen LogP contribution < -0.4 is 9.47 Å². The van der Waals surface area contributed by atoms with Crippen molar-refractivity contribution in [2.24, 2.45) is 5.11 Å². The zero-order chi connectivity index (χ0) is 13.4. The van der Waals surface area contributed by atoms with Crippen molar-refractivity contribution in [2.75, 3.05) is 19.8 Å². The molecule has 0 fully saturated rings. The van der Waals surface area contributed by atoms with Crippen molar-refractivity contribution in [1.82, 2.24) is 0 Å². The molecule has 0 aliphatic rings. The normalized spacial score (nSPS) is 11.5. The third kappa shape index (κ3) is 3.84. The van der Waals surface area contributed by atoms with E-state index in [2.05, 4.69) is 10.0 Å². The highest BCUT2D eigenvalue weighted by molar-refractivity contribution is 5.43. The predicted molar refractivity (Wildman–Crippen MR) is 67.8 cm³/mol. The highest BCUT2D eigenvalue weighted by Crippen LogP contribution is 2.30. The van der Waals surface area contributed by atoms with E-state index in [4.69, 9.17) is 15.0 Å². The predicted octanol–water partition coefficient (Wildman–Crippen LogP) is 2.83. The van der Waals surface area contributed by atoms with E-state index in [1.807, 2.05) is 13.8 Å². The molecule has 0 spiro atoms. The Kier molecular flexibility index (Phi) is 5.84. The van der Waals surface area contributed by atoms with Crippen LogP contribution in [-0.4, -0.2) is 24.9 Å². The van der Waals surface area contributed by atoms with Gasteiger partial charge in [-0.05, 0) is 37.1 Å². The molecule has 6 nitrogen and oxygen atoms in total. The Balaban J connectivity index is 2.94. The summed E-state index contributed by atoms with van der Waals surface area (Å²) in [6, 6.07) is 5.17. The summed E-state index contributed by atoms with van der Waals surface area (Å²) < 4.78 is 10.9. The molecule has 0 aromatic heterocycles. The molecular formula is C12H17N3O3. The lowest BCUT2D eigenvalue weighted by molar-refractivity contribution is 0.185. The molecule has 0 heterocycles. The van der Waals surface area contributed by atoms with Gasteiger partial charge in [-0.15, -0.1) is 0 Å². The first-order chi connectivity index (χ1) is 8.72. The van der Waals surface area contributed by atoms with Crippen LogP contribution in [0.2, 0.25) is 0 Å². The largest absolute Gasteiger partial charge is 0.490 e. The van der Waals surface area contributed by atoms with Gasteiger partial charge in [0.25, 0.3) is 0 Å². The zero-order valence-electron chi connectivity index (χ0n) is 10.5. The quantitative estimate of drug-likeness (QED) is 0.459. The summed E-state index contributed by atoms with van der Waals surface area (Å²) in [6.07, 6.45) is -0.837. The van der Waals surface area contributed by atoms with Crippen molar-refractivity contribution in [2.45, 2.75) is 20.0 Å². The molecule has 1 atom stereocenters. The summed E-state index contributed by atoms with van der Waals surface area (Å²) in [7, 11) is 0. The standard InChI is InChI=1S/C12H17N3O3/c1-3-17-11-6-5-9(7-12(11)18-4-2)10(16)8-14-15-13/h5-7,10,16H,3-4,8H2,1-2H3. The number of nitrogens with zero attached hydrogens (tertiary/aromatic N) is 3. The Hall–Kier alpha value is -1.91. The first-order valence-electron chi connectivity index (χ1n) is 5.81. The van der Waals surface area contributed by atoms with Gasteiger partial charge >= 0.3 is 0 Å². The Morgan fingerprint density at radius 1 is 1.28 bits per heavy atom. The van der Waals surface area contributed by atoms with Gasteiger partial charge in [-0.2, -0.15) is 0 Å². The summed E-state index contributed by atoms with van der Waals surface area (Å²) in [5.74, 6) is 1.22. The molecule has 0 radical (unpaired) electrons. The fourth-order valence-electron chi connectivity index (χ4n) is 1.49. The van der Waals surface area contributed by atoms with Gasteiger partial charge < -0.3 is 14.6 Å². The Bertz CT molecular complexity index is 431. The van der Waals surface area contributed by atoms with Crippen LogP contribution in [0.25, 0.3) is 10.4 Å². The lowest BCUT2D eigenvalue weighted by Gasteiger charge is -2.14. The summed E-state index contributed by atoms with van der Waals surface area (Å²) >= 11 is 0. The lowest BCUT2D eigenvalue weighted by Crippen LogP contribution is -2.03. The number of hydrogen-bond donors (Lipinski definition) is 1. The van der Waals surface area contributed by atoms with E-state index in [1.165, 1.54) is 0 Å². The van der Waals surface area contributed by atoms with Crippen LogP contribution >= 0.6 is 0 Å². The van der Waals surface area contributed by atoms with Crippen molar-refractivity contribution in [3.63, 3.8) is 0 Å². The average Bonchev–Trinajstić information content (AvgIpc) is 2.38. The minimum absolute atomic E-state index is 0.00392. The molecule has 1 aromatic carbocycles. The summed E-state index contributed by atoms with van der Waals surface area (Å²) in [4.78, 5) is 2.62. The maximum absolute atomic E-state index is 9.80. The molecule has 0 aliphatic heterocycles. The fourth-order valence-corrected chi connectivity index (χ4v) is 1.49. The molecule has 0 bridgehead atoms. The maximum atomic E-state index is 9.80. The van der Waals surface area contributed by atoms with E-state index in [-0.39, 0.29) is 6.54 Å². The van der Waals surface area contributed by atoms with Gasteiger partial charge in [-0.25, -0.2) is 0 Å². The van der Waals surface area contributed by atoms with Gasteiger partial charge in [0, 0.05) is 4.91 Å². The molecule has 0 amide bonds. The summed E-state index contributed by atoms with van der Waals surface area (Å²) in [6.45, 7) is 4.81. The first-order valence-corrected chi connectivity index (χ1v) is 5.81. The monoisotopic (exact) mass is 251 g/mol. The van der Waals surface area contributed by atoms with Crippen molar-refractivity contribution in [3.8, 4) is 11.5 Å². The maximum Gasteiger partial charge on any atom is 0.161 e. The Labute approximate surface area is 106 Å². The van der Waals surface area contributed by atoms with Gasteiger partial charge in [0.05, 0.1) is 25.9 Å². The van der Waals surface area contributed by atoms with Crippen LogP contribution in [0.4, 0.5) is 0 Å². The van der Waals surface area contributed by atoms with Crippen molar-refractivity contribution < 1.29 is 14.6 Å². The number of azide groups is 1. The SMILES string of the molecule is CCOc1ccc(C(O)CN=[N+]=[N-])cc1OCC. The average molecular weight is 251 g/mol. The number of ether oxygens (including phenoxy) is 2. The molecule has 18 heavy (non-hydrogen) atoms. The molecule has 1 rings (SSSR count). The van der Waals surface area contributed by atoms with E-state index >= 15 is 0 Å². The van der Waals surface area contributed by atoms with Gasteiger partial charge in [0.1, 0.15) is 0 Å². The number of rotatable bonds is 7. The Morgan fingerprint density at radius 3 is 2.56 bits per heavy atom. The molecule has 1 aromatic rings. The van der Waals surface area contributed by atoms with Crippen LogP contribution in [0.3, 0.4) is 0 Å². The second-order valence-electron chi connectivity index (χ2n) is 3.50. The summed E-state index contributed by atoms with van der Waals surface area (Å²) in [5.41, 5.74) is 8.85. The number of benzene rings is 1. The van der Waals surface area contributed by atoms with Gasteiger partial charge in [-0.3, -0.25) is 0 Å². The summed E-state index contributed by atoms with van der Waals surface area (Å²) in [5, 5.41) is 13.1. The lowest BCUT2D eigenvalue weighted by atomic mass is 10.1. The van der Waals surface area contributed by atoms with Crippen LogP contribution in [-0.2, 0) is 0 Å². The highest BCUT2D eigenvalue weighted by Gasteiger charge is 2.11. The van der Waals surface area contributed by atoms with Crippen LogP contribution in [0.1, 0.15) is 25.5 Å². The fraction of sp³-hybridized carbons (Fsp3) is 0.500. The van der Waals surface area contributed by atoms with E-state index < -0.39 is 6.10 Å². The second kappa shape index (κ2) is 7.42. The molecule has 98 valence electrons. The third-order valence-electron chi connectivity index (χ3n) is 2.27. The zero-order valence-corrected chi connectivity index (χ0v) is 10.5. The highest BCUT2D eigenvalue weighted by atomic mass is 16.5. The van der Waals surface area contributed by atoms with E-state index in [0.717, 1.165) is 0 Å². The molecule has 0 saturated carbocycles. The molecule has 1 N–H and O–H groups in total.